The van der Waals surface area contributed by atoms with Gasteiger partial charge in [0.1, 0.15) is 0 Å². The molecule has 2 aromatic rings. The van der Waals surface area contributed by atoms with Crippen LogP contribution < -0.4 is 4.72 Å². The standard InChI is InChI=1S/C15H15NO4S3/c1-11(17)22-9-15(18)13-4-2-12(3-5-13)10-23(19,20)16-14-6-7-21-8-14/h2-8,16H,9-10H2,1H3. The maximum atomic E-state index is 12.0. The second-order valence-electron chi connectivity index (χ2n) is 4.77. The highest BCUT2D eigenvalue weighted by Gasteiger charge is 2.13. The van der Waals surface area contributed by atoms with Crippen LogP contribution in [0.15, 0.2) is 41.1 Å². The number of Topliss-reactive ketones (excluding diaryl/α,β-unsaturated/α-hetero) is 1. The Labute approximate surface area is 143 Å². The molecule has 0 unspecified atom stereocenters. The van der Waals surface area contributed by atoms with E-state index in [4.69, 9.17) is 0 Å². The summed E-state index contributed by atoms with van der Waals surface area (Å²) >= 11 is 2.37. The Morgan fingerprint density at radius 2 is 1.87 bits per heavy atom. The zero-order chi connectivity index (χ0) is 16.9. The number of rotatable bonds is 7. The molecule has 0 saturated heterocycles. The van der Waals surface area contributed by atoms with Crippen LogP contribution in [-0.4, -0.2) is 25.1 Å². The summed E-state index contributed by atoms with van der Waals surface area (Å²) in [5.41, 5.74) is 1.59. The van der Waals surface area contributed by atoms with Crippen molar-refractivity contribution in [3.63, 3.8) is 0 Å². The third kappa shape index (κ3) is 5.81. The van der Waals surface area contributed by atoms with Gasteiger partial charge in [-0.15, -0.1) is 0 Å². The number of carbonyl (C=O) groups is 2. The third-order valence-corrected chi connectivity index (χ3v) is 5.59. The predicted molar refractivity (Wildman–Crippen MR) is 94.5 cm³/mol. The van der Waals surface area contributed by atoms with Crippen molar-refractivity contribution >= 4 is 49.7 Å². The molecule has 1 heterocycles. The smallest absolute Gasteiger partial charge is 0.236 e. The number of thiophene rings is 1. The molecule has 0 fully saturated rings. The minimum atomic E-state index is -3.49. The van der Waals surface area contributed by atoms with Crippen molar-refractivity contribution < 1.29 is 18.0 Å². The molecule has 1 aromatic heterocycles. The molecule has 8 heteroatoms. The highest BCUT2D eigenvalue weighted by molar-refractivity contribution is 8.14. The molecule has 0 aliphatic heterocycles. The average Bonchev–Trinajstić information content (AvgIpc) is 2.97. The predicted octanol–water partition coefficient (Wildman–Crippen LogP) is 3.15. The Bertz CT molecular complexity index is 781. The van der Waals surface area contributed by atoms with Crippen LogP contribution in [-0.2, 0) is 20.6 Å². The van der Waals surface area contributed by atoms with Crippen LogP contribution in [0.2, 0.25) is 0 Å². The molecule has 0 bridgehead atoms. The van der Waals surface area contributed by atoms with E-state index in [9.17, 15) is 18.0 Å². The molecule has 0 aliphatic rings. The van der Waals surface area contributed by atoms with Gasteiger partial charge < -0.3 is 0 Å². The first kappa shape index (κ1) is 17.7. The number of ketones is 1. The van der Waals surface area contributed by atoms with Crippen LogP contribution >= 0.6 is 23.1 Å². The van der Waals surface area contributed by atoms with Crippen molar-refractivity contribution in [3.8, 4) is 0 Å². The number of benzene rings is 1. The molecule has 1 aromatic carbocycles. The Hall–Kier alpha value is -1.64. The van der Waals surface area contributed by atoms with Crippen molar-refractivity contribution in [2.24, 2.45) is 0 Å². The summed E-state index contributed by atoms with van der Waals surface area (Å²) in [6, 6.07) is 8.07. The molecular formula is C15H15NO4S3. The van der Waals surface area contributed by atoms with Crippen molar-refractivity contribution in [2.45, 2.75) is 12.7 Å². The van der Waals surface area contributed by atoms with E-state index in [2.05, 4.69) is 4.72 Å². The summed E-state index contributed by atoms with van der Waals surface area (Å²) in [6.45, 7) is 1.41. The van der Waals surface area contributed by atoms with Crippen LogP contribution in [0.5, 0.6) is 0 Å². The zero-order valence-corrected chi connectivity index (χ0v) is 14.8. The van der Waals surface area contributed by atoms with Gasteiger partial charge in [-0.2, -0.15) is 11.3 Å². The zero-order valence-electron chi connectivity index (χ0n) is 12.3. The van der Waals surface area contributed by atoms with Crippen molar-refractivity contribution in [3.05, 3.63) is 52.2 Å². The van der Waals surface area contributed by atoms with Gasteiger partial charge in [-0.1, -0.05) is 36.0 Å². The summed E-state index contributed by atoms with van der Waals surface area (Å²) in [5.74, 6) is -0.234. The van der Waals surface area contributed by atoms with E-state index >= 15 is 0 Å². The van der Waals surface area contributed by atoms with Crippen LogP contribution in [0.25, 0.3) is 0 Å². The number of sulfonamides is 1. The van der Waals surface area contributed by atoms with Crippen molar-refractivity contribution in [1.29, 1.82) is 0 Å². The van der Waals surface area contributed by atoms with E-state index in [-0.39, 0.29) is 22.4 Å². The number of hydrogen-bond donors (Lipinski definition) is 1. The van der Waals surface area contributed by atoms with Gasteiger partial charge in [0.15, 0.2) is 10.9 Å². The lowest BCUT2D eigenvalue weighted by atomic mass is 10.1. The molecule has 0 atom stereocenters. The molecule has 1 N–H and O–H groups in total. The second kappa shape index (κ2) is 7.76. The molecule has 0 spiro atoms. The van der Waals surface area contributed by atoms with Gasteiger partial charge in [-0.05, 0) is 17.0 Å². The monoisotopic (exact) mass is 369 g/mol. The quantitative estimate of drug-likeness (QED) is 0.758. The molecule has 122 valence electrons. The number of nitrogens with one attached hydrogen (secondary N) is 1. The van der Waals surface area contributed by atoms with E-state index in [1.165, 1.54) is 18.3 Å². The summed E-state index contributed by atoms with van der Waals surface area (Å²) in [4.78, 5) is 22.7. The Morgan fingerprint density at radius 1 is 1.17 bits per heavy atom. The number of carbonyl (C=O) groups excluding carboxylic acids is 2. The molecule has 23 heavy (non-hydrogen) atoms. The molecule has 0 saturated carbocycles. The van der Waals surface area contributed by atoms with Crippen LogP contribution in [0.1, 0.15) is 22.8 Å². The molecule has 5 nitrogen and oxygen atoms in total. The molecule has 0 radical (unpaired) electrons. The maximum absolute atomic E-state index is 12.0. The SMILES string of the molecule is CC(=O)SCC(=O)c1ccc(CS(=O)(=O)Nc2ccsc2)cc1. The van der Waals surface area contributed by atoms with E-state index in [0.29, 0.717) is 16.8 Å². The van der Waals surface area contributed by atoms with Gasteiger partial charge in [-0.3, -0.25) is 14.3 Å². The van der Waals surface area contributed by atoms with Crippen LogP contribution in [0, 0.1) is 0 Å². The third-order valence-electron chi connectivity index (χ3n) is 2.83. The topological polar surface area (TPSA) is 80.3 Å². The summed E-state index contributed by atoms with van der Waals surface area (Å²) < 4.78 is 26.6. The summed E-state index contributed by atoms with van der Waals surface area (Å²) in [7, 11) is -3.49. The largest absolute Gasteiger partial charge is 0.293 e. The first-order valence-electron chi connectivity index (χ1n) is 6.64. The van der Waals surface area contributed by atoms with Crippen LogP contribution in [0.3, 0.4) is 0 Å². The van der Waals surface area contributed by atoms with E-state index < -0.39 is 10.0 Å². The Balaban J connectivity index is 1.99. The molecule has 2 rings (SSSR count). The maximum Gasteiger partial charge on any atom is 0.236 e. The fourth-order valence-electron chi connectivity index (χ4n) is 1.79. The normalized spacial score (nSPS) is 11.2. The van der Waals surface area contributed by atoms with E-state index in [1.807, 2.05) is 0 Å². The van der Waals surface area contributed by atoms with Gasteiger partial charge in [0.2, 0.25) is 10.0 Å². The van der Waals surface area contributed by atoms with Gasteiger partial charge in [0.05, 0.1) is 17.2 Å². The molecule has 0 amide bonds. The highest BCUT2D eigenvalue weighted by atomic mass is 32.2. The number of hydrogen-bond acceptors (Lipinski definition) is 6. The molecular weight excluding hydrogens is 354 g/mol. The molecule has 0 aliphatic carbocycles. The first-order chi connectivity index (χ1) is 10.9. The first-order valence-corrected chi connectivity index (χ1v) is 10.2. The van der Waals surface area contributed by atoms with Gasteiger partial charge in [0.25, 0.3) is 0 Å². The lowest BCUT2D eigenvalue weighted by Crippen LogP contribution is -2.14. The van der Waals surface area contributed by atoms with Gasteiger partial charge in [0, 0.05) is 17.9 Å². The van der Waals surface area contributed by atoms with Crippen LogP contribution in [0.4, 0.5) is 5.69 Å². The van der Waals surface area contributed by atoms with Gasteiger partial charge in [-0.25, -0.2) is 8.42 Å². The lowest BCUT2D eigenvalue weighted by molar-refractivity contribution is -0.109. The van der Waals surface area contributed by atoms with E-state index in [1.54, 1.807) is 41.1 Å². The van der Waals surface area contributed by atoms with Crippen molar-refractivity contribution in [2.75, 3.05) is 10.5 Å². The second-order valence-corrected chi connectivity index (χ2v) is 8.43. The summed E-state index contributed by atoms with van der Waals surface area (Å²) in [5, 5.41) is 3.39. The number of anilines is 1. The number of thioether (sulfide) groups is 1. The minimum Gasteiger partial charge on any atom is -0.293 e. The summed E-state index contributed by atoms with van der Waals surface area (Å²) in [6.07, 6.45) is 0. The minimum absolute atomic E-state index is 0.0900. The highest BCUT2D eigenvalue weighted by Crippen LogP contribution is 2.16. The van der Waals surface area contributed by atoms with E-state index in [0.717, 1.165) is 11.8 Å². The fraction of sp³-hybridized carbons (Fsp3) is 0.200. The van der Waals surface area contributed by atoms with Crippen molar-refractivity contribution in [1.82, 2.24) is 0 Å². The van der Waals surface area contributed by atoms with Gasteiger partial charge >= 0.3 is 0 Å². The lowest BCUT2D eigenvalue weighted by Gasteiger charge is -2.07. The Kier molecular flexibility index (Phi) is 5.97. The Morgan fingerprint density at radius 3 is 2.43 bits per heavy atom. The average molecular weight is 369 g/mol. The fourth-order valence-corrected chi connectivity index (χ4v) is 4.15.